The first-order valence-corrected chi connectivity index (χ1v) is 6.33. The highest BCUT2D eigenvalue weighted by atomic mass is 16.5. The molecule has 18 heavy (non-hydrogen) atoms. The maximum Gasteiger partial charge on any atom is 0.376 e. The molecule has 2 unspecified atom stereocenters. The van der Waals surface area contributed by atoms with Gasteiger partial charge in [-0.3, -0.25) is 0 Å². The van der Waals surface area contributed by atoms with Gasteiger partial charge in [0.15, 0.2) is 0 Å². The standard InChI is InChI=1S/C12H19N3O3/c1-4-17-12(16)11-14-13-9(3)15(11)10-5-6-18-8(2)7-10/h8,10H,4-7H2,1-3H3. The van der Waals surface area contributed by atoms with Gasteiger partial charge in [-0.25, -0.2) is 4.79 Å². The summed E-state index contributed by atoms with van der Waals surface area (Å²) < 4.78 is 12.4. The minimum absolute atomic E-state index is 0.195. The zero-order valence-electron chi connectivity index (χ0n) is 11.0. The van der Waals surface area contributed by atoms with Crippen LogP contribution in [0, 0.1) is 6.92 Å². The summed E-state index contributed by atoms with van der Waals surface area (Å²) >= 11 is 0. The van der Waals surface area contributed by atoms with Crippen LogP contribution >= 0.6 is 0 Å². The van der Waals surface area contributed by atoms with Crippen molar-refractivity contribution in [2.45, 2.75) is 45.8 Å². The quantitative estimate of drug-likeness (QED) is 0.764. The van der Waals surface area contributed by atoms with Gasteiger partial charge in [0.25, 0.3) is 0 Å². The number of carbonyl (C=O) groups excluding carboxylic acids is 1. The van der Waals surface area contributed by atoms with Crippen molar-refractivity contribution < 1.29 is 14.3 Å². The van der Waals surface area contributed by atoms with Crippen LogP contribution in [0.15, 0.2) is 0 Å². The molecule has 0 amide bonds. The topological polar surface area (TPSA) is 66.2 Å². The van der Waals surface area contributed by atoms with Gasteiger partial charge in [0, 0.05) is 12.6 Å². The third-order valence-corrected chi connectivity index (χ3v) is 3.15. The molecule has 1 aliphatic heterocycles. The first-order chi connectivity index (χ1) is 8.63. The number of hydrogen-bond acceptors (Lipinski definition) is 5. The van der Waals surface area contributed by atoms with Gasteiger partial charge in [0.2, 0.25) is 5.82 Å². The van der Waals surface area contributed by atoms with Crippen LogP contribution in [0.2, 0.25) is 0 Å². The van der Waals surface area contributed by atoms with Crippen molar-refractivity contribution in [1.82, 2.24) is 14.8 Å². The molecular formula is C12H19N3O3. The van der Waals surface area contributed by atoms with E-state index >= 15 is 0 Å². The van der Waals surface area contributed by atoms with Crippen molar-refractivity contribution >= 4 is 5.97 Å². The molecule has 2 rings (SSSR count). The molecule has 1 saturated heterocycles. The fourth-order valence-electron chi connectivity index (χ4n) is 2.35. The van der Waals surface area contributed by atoms with Crippen LogP contribution in [-0.4, -0.2) is 40.1 Å². The molecule has 0 aromatic carbocycles. The molecule has 0 aliphatic carbocycles. The zero-order chi connectivity index (χ0) is 13.1. The van der Waals surface area contributed by atoms with Crippen LogP contribution in [-0.2, 0) is 9.47 Å². The molecule has 1 aromatic heterocycles. The molecule has 1 aromatic rings. The molecule has 2 atom stereocenters. The maximum atomic E-state index is 11.8. The molecule has 0 bridgehead atoms. The molecule has 2 heterocycles. The van der Waals surface area contributed by atoms with Gasteiger partial charge in [0.05, 0.1) is 12.7 Å². The smallest absolute Gasteiger partial charge is 0.376 e. The first kappa shape index (κ1) is 13.0. The van der Waals surface area contributed by atoms with E-state index in [9.17, 15) is 4.79 Å². The lowest BCUT2D eigenvalue weighted by atomic mass is 10.0. The Morgan fingerprint density at radius 3 is 3.00 bits per heavy atom. The SMILES string of the molecule is CCOC(=O)c1nnc(C)n1C1CCOC(C)C1. The Morgan fingerprint density at radius 1 is 1.56 bits per heavy atom. The summed E-state index contributed by atoms with van der Waals surface area (Å²) in [6.07, 6.45) is 1.93. The second-order valence-electron chi connectivity index (χ2n) is 4.52. The van der Waals surface area contributed by atoms with Crippen LogP contribution in [0.4, 0.5) is 0 Å². The molecule has 1 aliphatic rings. The van der Waals surface area contributed by atoms with Crippen molar-refractivity contribution in [3.05, 3.63) is 11.6 Å². The highest BCUT2D eigenvalue weighted by Gasteiger charge is 2.27. The molecular weight excluding hydrogens is 234 g/mol. The van der Waals surface area contributed by atoms with Crippen molar-refractivity contribution in [2.75, 3.05) is 13.2 Å². The summed E-state index contributed by atoms with van der Waals surface area (Å²) in [5.74, 6) is 0.642. The molecule has 0 saturated carbocycles. The van der Waals surface area contributed by atoms with Gasteiger partial charge < -0.3 is 14.0 Å². The van der Waals surface area contributed by atoms with E-state index in [4.69, 9.17) is 9.47 Å². The van der Waals surface area contributed by atoms with Crippen LogP contribution in [0.3, 0.4) is 0 Å². The lowest BCUT2D eigenvalue weighted by Gasteiger charge is -2.29. The second-order valence-corrected chi connectivity index (χ2v) is 4.52. The van der Waals surface area contributed by atoms with Gasteiger partial charge >= 0.3 is 5.97 Å². The van der Waals surface area contributed by atoms with Crippen LogP contribution in [0.1, 0.15) is 49.2 Å². The lowest BCUT2D eigenvalue weighted by Crippen LogP contribution is -2.28. The number of carbonyl (C=O) groups is 1. The summed E-state index contributed by atoms with van der Waals surface area (Å²) in [7, 11) is 0. The minimum atomic E-state index is -0.405. The van der Waals surface area contributed by atoms with Gasteiger partial charge in [-0.15, -0.1) is 10.2 Å². The van der Waals surface area contributed by atoms with E-state index < -0.39 is 5.97 Å². The summed E-state index contributed by atoms with van der Waals surface area (Å²) in [6.45, 7) is 6.72. The van der Waals surface area contributed by atoms with Gasteiger partial charge in [-0.2, -0.15) is 0 Å². The molecule has 100 valence electrons. The van der Waals surface area contributed by atoms with Crippen LogP contribution < -0.4 is 0 Å². The molecule has 0 N–H and O–H groups in total. The third kappa shape index (κ3) is 2.53. The predicted octanol–water partition coefficient (Wildman–Crippen LogP) is 1.50. The van der Waals surface area contributed by atoms with Gasteiger partial charge in [-0.05, 0) is 33.6 Å². The van der Waals surface area contributed by atoms with Crippen molar-refractivity contribution in [3.63, 3.8) is 0 Å². The summed E-state index contributed by atoms with van der Waals surface area (Å²) in [5, 5.41) is 7.92. The van der Waals surface area contributed by atoms with Crippen LogP contribution in [0.25, 0.3) is 0 Å². The summed E-state index contributed by atoms with van der Waals surface area (Å²) in [5.41, 5.74) is 0. The average Bonchev–Trinajstić information content (AvgIpc) is 2.71. The Morgan fingerprint density at radius 2 is 2.33 bits per heavy atom. The zero-order valence-corrected chi connectivity index (χ0v) is 11.0. The van der Waals surface area contributed by atoms with Crippen LogP contribution in [0.5, 0.6) is 0 Å². The number of aryl methyl sites for hydroxylation is 1. The first-order valence-electron chi connectivity index (χ1n) is 6.33. The van der Waals surface area contributed by atoms with Crippen molar-refractivity contribution in [1.29, 1.82) is 0 Å². The van der Waals surface area contributed by atoms with E-state index in [0.29, 0.717) is 19.0 Å². The number of esters is 1. The Kier molecular flexibility index (Phi) is 3.96. The van der Waals surface area contributed by atoms with E-state index in [0.717, 1.165) is 18.7 Å². The second kappa shape index (κ2) is 5.48. The highest BCUT2D eigenvalue weighted by Crippen LogP contribution is 2.27. The Hall–Kier alpha value is -1.43. The van der Waals surface area contributed by atoms with E-state index in [1.807, 2.05) is 18.4 Å². The van der Waals surface area contributed by atoms with Gasteiger partial charge in [0.1, 0.15) is 5.82 Å². The molecule has 6 heteroatoms. The monoisotopic (exact) mass is 253 g/mol. The van der Waals surface area contributed by atoms with Gasteiger partial charge in [-0.1, -0.05) is 0 Å². The Bertz CT molecular complexity index is 430. The van der Waals surface area contributed by atoms with E-state index in [1.54, 1.807) is 6.92 Å². The number of rotatable bonds is 3. The van der Waals surface area contributed by atoms with Crippen molar-refractivity contribution in [3.8, 4) is 0 Å². The number of ether oxygens (including phenoxy) is 2. The Balaban J connectivity index is 2.25. The minimum Gasteiger partial charge on any atom is -0.460 e. The third-order valence-electron chi connectivity index (χ3n) is 3.15. The maximum absolute atomic E-state index is 11.8. The van der Waals surface area contributed by atoms with E-state index in [1.165, 1.54) is 0 Å². The largest absolute Gasteiger partial charge is 0.460 e. The summed E-state index contributed by atoms with van der Waals surface area (Å²) in [6, 6.07) is 0.211. The number of nitrogens with zero attached hydrogens (tertiary/aromatic N) is 3. The van der Waals surface area contributed by atoms with E-state index in [2.05, 4.69) is 10.2 Å². The molecule has 0 radical (unpaired) electrons. The molecule has 0 spiro atoms. The fraction of sp³-hybridized carbons (Fsp3) is 0.750. The summed E-state index contributed by atoms with van der Waals surface area (Å²) in [4.78, 5) is 11.8. The number of hydrogen-bond donors (Lipinski definition) is 0. The highest BCUT2D eigenvalue weighted by molar-refractivity contribution is 5.85. The fourth-order valence-corrected chi connectivity index (χ4v) is 2.35. The molecule has 1 fully saturated rings. The Labute approximate surface area is 106 Å². The van der Waals surface area contributed by atoms with E-state index in [-0.39, 0.29) is 12.1 Å². The number of aromatic nitrogens is 3. The molecule has 6 nitrogen and oxygen atoms in total. The van der Waals surface area contributed by atoms with Crippen molar-refractivity contribution in [2.24, 2.45) is 0 Å². The average molecular weight is 253 g/mol. The lowest BCUT2D eigenvalue weighted by molar-refractivity contribution is 0.00413. The normalized spacial score (nSPS) is 23.9. The predicted molar refractivity (Wildman–Crippen MR) is 64.4 cm³/mol.